The Hall–Kier alpha value is -3.77. The van der Waals surface area contributed by atoms with Crippen molar-refractivity contribution in [1.82, 2.24) is 5.32 Å². The molecule has 0 bridgehead atoms. The molecule has 170 valence electrons. The van der Waals surface area contributed by atoms with Crippen LogP contribution in [0.1, 0.15) is 11.1 Å². The van der Waals surface area contributed by atoms with Gasteiger partial charge in [-0.3, -0.25) is 4.79 Å². The van der Waals surface area contributed by atoms with E-state index in [1.807, 2.05) is 48.5 Å². The van der Waals surface area contributed by atoms with Gasteiger partial charge in [-0.2, -0.15) is 0 Å². The van der Waals surface area contributed by atoms with Crippen molar-refractivity contribution >= 4 is 29.1 Å². The maximum atomic E-state index is 12.7. The van der Waals surface area contributed by atoms with Gasteiger partial charge in [0.05, 0.1) is 25.4 Å². The fraction of sp³-hybridized carbons (Fsp3) is 0.154. The average molecular weight is 466 g/mol. The summed E-state index contributed by atoms with van der Waals surface area (Å²) in [4.78, 5) is 24.5. The van der Waals surface area contributed by atoms with Gasteiger partial charge in [0.1, 0.15) is 17.5 Å². The van der Waals surface area contributed by atoms with Crippen LogP contribution >= 0.6 is 11.6 Å². The van der Waals surface area contributed by atoms with Gasteiger partial charge in [-0.1, -0.05) is 72.3 Å². The topological polar surface area (TPSA) is 84.9 Å². The largest absolute Gasteiger partial charge is 0.496 e. The van der Waals surface area contributed by atoms with Gasteiger partial charge < -0.3 is 19.9 Å². The summed E-state index contributed by atoms with van der Waals surface area (Å²) < 4.78 is 10.9. The molecule has 0 radical (unpaired) electrons. The number of methoxy groups -OCH3 is 2. The van der Waals surface area contributed by atoms with Crippen molar-refractivity contribution in [2.75, 3.05) is 14.2 Å². The predicted molar refractivity (Wildman–Crippen MR) is 129 cm³/mol. The SMILES string of the molecule is COc1cccc(OC)c1-c1ccc(C[C@H](NC(=O)C(=CCl)c2ccccc2)C(=O)O)cc1. The summed E-state index contributed by atoms with van der Waals surface area (Å²) >= 11 is 5.85. The molecule has 0 saturated carbocycles. The Morgan fingerprint density at radius 1 is 0.939 bits per heavy atom. The molecule has 0 unspecified atom stereocenters. The predicted octanol–water partition coefficient (Wildman–Crippen LogP) is 4.76. The van der Waals surface area contributed by atoms with E-state index in [2.05, 4.69) is 5.32 Å². The first-order chi connectivity index (χ1) is 16.0. The third-order valence-corrected chi connectivity index (χ3v) is 5.37. The molecule has 0 heterocycles. The van der Waals surface area contributed by atoms with E-state index in [-0.39, 0.29) is 12.0 Å². The fourth-order valence-corrected chi connectivity index (χ4v) is 3.70. The molecule has 3 rings (SSSR count). The Labute approximate surface area is 197 Å². The number of ether oxygens (including phenoxy) is 2. The molecule has 7 heteroatoms. The van der Waals surface area contributed by atoms with Gasteiger partial charge in [0.25, 0.3) is 5.91 Å². The van der Waals surface area contributed by atoms with Crippen LogP contribution in [-0.2, 0) is 16.0 Å². The Morgan fingerprint density at radius 3 is 2.06 bits per heavy atom. The quantitative estimate of drug-likeness (QED) is 0.445. The third-order valence-electron chi connectivity index (χ3n) is 5.15. The zero-order chi connectivity index (χ0) is 23.8. The Balaban J connectivity index is 1.79. The first kappa shape index (κ1) is 23.9. The summed E-state index contributed by atoms with van der Waals surface area (Å²) in [6.45, 7) is 0. The maximum absolute atomic E-state index is 12.7. The smallest absolute Gasteiger partial charge is 0.326 e. The fourth-order valence-electron chi connectivity index (χ4n) is 3.48. The molecule has 0 aliphatic heterocycles. The average Bonchev–Trinajstić information content (AvgIpc) is 2.84. The molecule has 0 spiro atoms. The molecule has 6 nitrogen and oxygen atoms in total. The number of carbonyl (C=O) groups excluding carboxylic acids is 1. The van der Waals surface area contributed by atoms with Gasteiger partial charge >= 0.3 is 5.97 Å². The van der Waals surface area contributed by atoms with Gasteiger partial charge in [0.15, 0.2) is 0 Å². The number of carbonyl (C=O) groups is 2. The van der Waals surface area contributed by atoms with E-state index in [9.17, 15) is 14.7 Å². The van der Waals surface area contributed by atoms with Gasteiger partial charge in [-0.05, 0) is 28.8 Å². The van der Waals surface area contributed by atoms with Gasteiger partial charge in [-0.15, -0.1) is 0 Å². The molecule has 0 saturated heterocycles. The van der Waals surface area contributed by atoms with E-state index in [0.29, 0.717) is 17.1 Å². The van der Waals surface area contributed by atoms with Crippen molar-refractivity contribution in [3.63, 3.8) is 0 Å². The van der Waals surface area contributed by atoms with E-state index in [1.165, 1.54) is 0 Å². The number of hydrogen-bond acceptors (Lipinski definition) is 4. The minimum absolute atomic E-state index is 0.106. The lowest BCUT2D eigenvalue weighted by Crippen LogP contribution is -2.42. The zero-order valence-corrected chi connectivity index (χ0v) is 19.0. The summed E-state index contributed by atoms with van der Waals surface area (Å²) in [5.41, 5.74) is 4.36. The zero-order valence-electron chi connectivity index (χ0n) is 18.2. The van der Waals surface area contributed by atoms with Crippen molar-refractivity contribution in [3.8, 4) is 22.6 Å². The minimum atomic E-state index is -1.14. The summed E-state index contributed by atoms with van der Waals surface area (Å²) in [5, 5.41) is 12.2. The van der Waals surface area contributed by atoms with Crippen LogP contribution in [0.25, 0.3) is 16.7 Å². The van der Waals surface area contributed by atoms with Gasteiger partial charge in [0.2, 0.25) is 0 Å². The van der Waals surface area contributed by atoms with Crippen LogP contribution in [0.4, 0.5) is 0 Å². The molecule has 0 aliphatic rings. The number of benzene rings is 3. The van der Waals surface area contributed by atoms with Crippen LogP contribution in [0.15, 0.2) is 78.3 Å². The second-order valence-corrected chi connectivity index (χ2v) is 7.41. The molecule has 1 amide bonds. The lowest BCUT2D eigenvalue weighted by molar-refractivity contribution is -0.141. The molecule has 3 aromatic carbocycles. The molecule has 3 aromatic rings. The van der Waals surface area contributed by atoms with Crippen molar-refractivity contribution < 1.29 is 24.2 Å². The number of aliphatic carboxylic acids is 1. The van der Waals surface area contributed by atoms with Gasteiger partial charge in [0, 0.05) is 12.0 Å². The van der Waals surface area contributed by atoms with Crippen LogP contribution in [0.3, 0.4) is 0 Å². The van der Waals surface area contributed by atoms with Crippen molar-refractivity contribution in [1.29, 1.82) is 0 Å². The molecule has 1 atom stereocenters. The summed E-state index contributed by atoms with van der Waals surface area (Å²) in [6, 6.07) is 20.6. The second kappa shape index (κ2) is 11.2. The number of amides is 1. The third kappa shape index (κ3) is 5.73. The van der Waals surface area contributed by atoms with Crippen LogP contribution in [0, 0.1) is 0 Å². The maximum Gasteiger partial charge on any atom is 0.326 e. The summed E-state index contributed by atoms with van der Waals surface area (Å²) in [6.07, 6.45) is 0.106. The highest BCUT2D eigenvalue weighted by molar-refractivity contribution is 6.35. The van der Waals surface area contributed by atoms with E-state index in [1.54, 1.807) is 38.5 Å². The monoisotopic (exact) mass is 465 g/mol. The van der Waals surface area contributed by atoms with Crippen LogP contribution in [-0.4, -0.2) is 37.2 Å². The van der Waals surface area contributed by atoms with Crippen LogP contribution in [0.2, 0.25) is 0 Å². The number of nitrogens with one attached hydrogen (secondary N) is 1. The minimum Gasteiger partial charge on any atom is -0.496 e. The molecular weight excluding hydrogens is 442 g/mol. The van der Waals surface area contributed by atoms with E-state index < -0.39 is 17.9 Å². The number of carboxylic acids is 1. The number of carboxylic acid groups (broad SMARTS) is 1. The Kier molecular flexibility index (Phi) is 8.11. The van der Waals surface area contributed by atoms with E-state index in [0.717, 1.165) is 22.2 Å². The van der Waals surface area contributed by atoms with Crippen molar-refractivity contribution in [2.24, 2.45) is 0 Å². The van der Waals surface area contributed by atoms with E-state index >= 15 is 0 Å². The highest BCUT2D eigenvalue weighted by Crippen LogP contribution is 2.38. The molecule has 0 fully saturated rings. The van der Waals surface area contributed by atoms with E-state index in [4.69, 9.17) is 21.1 Å². The first-order valence-corrected chi connectivity index (χ1v) is 10.6. The number of halogens is 1. The Bertz CT molecular complexity index is 1120. The van der Waals surface area contributed by atoms with Crippen LogP contribution < -0.4 is 14.8 Å². The summed E-state index contributed by atoms with van der Waals surface area (Å²) in [7, 11) is 3.18. The standard InChI is InChI=1S/C26H24ClNO5/c1-32-22-9-6-10-23(33-2)24(22)19-13-11-17(12-14-19)15-21(26(30)31)28-25(29)20(16-27)18-7-4-3-5-8-18/h3-14,16,21H,15H2,1-2H3,(H,28,29)(H,30,31)/t21-/m0/s1. The number of hydrogen-bond donors (Lipinski definition) is 2. The molecule has 0 aromatic heterocycles. The van der Waals surface area contributed by atoms with Crippen molar-refractivity contribution in [2.45, 2.75) is 12.5 Å². The molecule has 0 aliphatic carbocycles. The van der Waals surface area contributed by atoms with Crippen LogP contribution in [0.5, 0.6) is 11.5 Å². The lowest BCUT2D eigenvalue weighted by atomic mass is 9.99. The van der Waals surface area contributed by atoms with Crippen molar-refractivity contribution in [3.05, 3.63) is 89.5 Å². The summed E-state index contributed by atoms with van der Waals surface area (Å²) in [5.74, 6) is -0.363. The molecule has 33 heavy (non-hydrogen) atoms. The highest BCUT2D eigenvalue weighted by Gasteiger charge is 2.23. The molecular formula is C26H24ClNO5. The molecule has 2 N–H and O–H groups in total. The highest BCUT2D eigenvalue weighted by atomic mass is 35.5. The normalized spacial score (nSPS) is 12.0. The first-order valence-electron chi connectivity index (χ1n) is 10.2. The van der Waals surface area contributed by atoms with Gasteiger partial charge in [-0.25, -0.2) is 4.79 Å². The second-order valence-electron chi connectivity index (χ2n) is 7.19. The number of rotatable bonds is 9. The Morgan fingerprint density at radius 2 is 1.55 bits per heavy atom. The lowest BCUT2D eigenvalue weighted by Gasteiger charge is -2.17.